The summed E-state index contributed by atoms with van der Waals surface area (Å²) in [6.45, 7) is 0. The van der Waals surface area contributed by atoms with Gasteiger partial charge < -0.3 is 9.84 Å². The van der Waals surface area contributed by atoms with E-state index in [1.807, 2.05) is 0 Å². The highest BCUT2D eigenvalue weighted by molar-refractivity contribution is 5.86. The molecule has 0 amide bonds. The molecule has 2 rings (SSSR count). The summed E-state index contributed by atoms with van der Waals surface area (Å²) in [7, 11) is 1.57. The minimum atomic E-state index is -0.524. The lowest BCUT2D eigenvalue weighted by Gasteiger charge is -2.00. The van der Waals surface area contributed by atoms with E-state index >= 15 is 0 Å². The Kier molecular flexibility index (Phi) is 3.95. The zero-order valence-corrected chi connectivity index (χ0v) is 10.7. The van der Waals surface area contributed by atoms with Crippen LogP contribution in [0.25, 0.3) is 0 Å². The molecule has 0 aliphatic heterocycles. The fourth-order valence-corrected chi connectivity index (χ4v) is 1.57. The number of nitro benzene ring substituents is 1. The van der Waals surface area contributed by atoms with E-state index in [4.69, 9.17) is 4.74 Å². The largest absolute Gasteiger partial charge is 0.507 e. The standard InChI is InChI=1S/C14H12N2O4/c1-20-13-5-2-11(3-6-13)15-9-10-8-12(16(18)19)4-7-14(10)17/h2-9,17H,1H3. The lowest BCUT2D eigenvalue weighted by atomic mass is 10.2. The minimum absolute atomic E-state index is 0.0622. The Morgan fingerprint density at radius 3 is 2.55 bits per heavy atom. The molecular formula is C14H12N2O4. The van der Waals surface area contributed by atoms with Gasteiger partial charge in [0, 0.05) is 23.9 Å². The molecule has 6 nitrogen and oxygen atoms in total. The van der Waals surface area contributed by atoms with E-state index < -0.39 is 4.92 Å². The maximum Gasteiger partial charge on any atom is 0.270 e. The summed E-state index contributed by atoms with van der Waals surface area (Å²) in [5.41, 5.74) is 0.839. The lowest BCUT2D eigenvalue weighted by molar-refractivity contribution is -0.384. The second kappa shape index (κ2) is 5.83. The summed E-state index contributed by atoms with van der Waals surface area (Å²) in [5, 5.41) is 20.3. The number of aromatic hydroxyl groups is 1. The van der Waals surface area contributed by atoms with Crippen molar-refractivity contribution < 1.29 is 14.8 Å². The van der Waals surface area contributed by atoms with E-state index in [2.05, 4.69) is 4.99 Å². The van der Waals surface area contributed by atoms with Gasteiger partial charge in [0.1, 0.15) is 11.5 Å². The fraction of sp³-hybridized carbons (Fsp3) is 0.0714. The Morgan fingerprint density at radius 2 is 1.95 bits per heavy atom. The van der Waals surface area contributed by atoms with Crippen molar-refractivity contribution in [2.75, 3.05) is 7.11 Å². The summed E-state index contributed by atoms with van der Waals surface area (Å²) in [4.78, 5) is 14.3. The average molecular weight is 272 g/mol. The molecule has 2 aromatic rings. The van der Waals surface area contributed by atoms with Crippen molar-refractivity contribution in [1.82, 2.24) is 0 Å². The van der Waals surface area contributed by atoms with Gasteiger partial charge in [0.15, 0.2) is 0 Å². The normalized spacial score (nSPS) is 10.7. The van der Waals surface area contributed by atoms with Crippen molar-refractivity contribution in [3.05, 3.63) is 58.1 Å². The van der Waals surface area contributed by atoms with Gasteiger partial charge in [-0.15, -0.1) is 0 Å². The van der Waals surface area contributed by atoms with Crippen LogP contribution in [0.2, 0.25) is 0 Å². The first-order chi connectivity index (χ1) is 9.60. The number of non-ortho nitro benzene ring substituents is 1. The van der Waals surface area contributed by atoms with E-state index in [1.54, 1.807) is 31.4 Å². The number of methoxy groups -OCH3 is 1. The molecule has 1 N–H and O–H groups in total. The number of phenolic OH excluding ortho intramolecular Hbond substituents is 1. The van der Waals surface area contributed by atoms with Crippen LogP contribution in [0.15, 0.2) is 47.5 Å². The van der Waals surface area contributed by atoms with Gasteiger partial charge in [-0.2, -0.15) is 0 Å². The van der Waals surface area contributed by atoms with E-state index in [0.29, 0.717) is 11.4 Å². The van der Waals surface area contributed by atoms with Crippen LogP contribution in [0.4, 0.5) is 11.4 Å². The minimum Gasteiger partial charge on any atom is -0.507 e. The van der Waals surface area contributed by atoms with Crippen LogP contribution in [0.5, 0.6) is 11.5 Å². The van der Waals surface area contributed by atoms with Crippen LogP contribution in [0, 0.1) is 10.1 Å². The van der Waals surface area contributed by atoms with Crippen LogP contribution >= 0.6 is 0 Å². The molecule has 0 unspecified atom stereocenters. The number of ether oxygens (including phenoxy) is 1. The van der Waals surface area contributed by atoms with Gasteiger partial charge in [0.05, 0.1) is 17.7 Å². The molecule has 0 radical (unpaired) electrons. The number of nitrogens with zero attached hydrogens (tertiary/aromatic N) is 2. The number of phenols is 1. The van der Waals surface area contributed by atoms with Gasteiger partial charge >= 0.3 is 0 Å². The Labute approximate surface area is 115 Å². The van der Waals surface area contributed by atoms with Crippen LogP contribution in [0.1, 0.15) is 5.56 Å². The molecule has 0 fully saturated rings. The number of nitro groups is 1. The molecule has 0 aromatic heterocycles. The fourth-order valence-electron chi connectivity index (χ4n) is 1.57. The number of hydrogen-bond donors (Lipinski definition) is 1. The highest BCUT2D eigenvalue weighted by Crippen LogP contribution is 2.23. The molecule has 0 bridgehead atoms. The monoisotopic (exact) mass is 272 g/mol. The molecule has 0 atom stereocenters. The number of rotatable bonds is 4. The van der Waals surface area contributed by atoms with E-state index in [0.717, 1.165) is 0 Å². The van der Waals surface area contributed by atoms with Gasteiger partial charge in [-0.05, 0) is 30.3 Å². The predicted octanol–water partition coefficient (Wildman–Crippen LogP) is 3.06. The molecule has 0 saturated heterocycles. The van der Waals surface area contributed by atoms with Gasteiger partial charge in [0.25, 0.3) is 5.69 Å². The molecule has 6 heteroatoms. The summed E-state index contributed by atoms with van der Waals surface area (Å²) < 4.78 is 5.03. The third-order valence-corrected chi connectivity index (χ3v) is 2.65. The Morgan fingerprint density at radius 1 is 1.25 bits per heavy atom. The van der Waals surface area contributed by atoms with Crippen molar-refractivity contribution in [2.45, 2.75) is 0 Å². The van der Waals surface area contributed by atoms with Crippen molar-refractivity contribution in [1.29, 1.82) is 0 Å². The number of aliphatic imine (C=N–C) groups is 1. The molecule has 102 valence electrons. The molecule has 0 aliphatic carbocycles. The lowest BCUT2D eigenvalue weighted by Crippen LogP contribution is -1.90. The predicted molar refractivity (Wildman–Crippen MR) is 75.0 cm³/mol. The number of benzene rings is 2. The Balaban J connectivity index is 2.25. The SMILES string of the molecule is COc1ccc(N=Cc2cc([N+](=O)[O-])ccc2O)cc1. The summed E-state index contributed by atoms with van der Waals surface area (Å²) >= 11 is 0. The van der Waals surface area contributed by atoms with Crippen LogP contribution in [-0.2, 0) is 0 Å². The smallest absolute Gasteiger partial charge is 0.270 e. The zero-order chi connectivity index (χ0) is 14.5. The Bertz CT molecular complexity index is 651. The third-order valence-electron chi connectivity index (χ3n) is 2.65. The van der Waals surface area contributed by atoms with Crippen LogP contribution < -0.4 is 4.74 Å². The van der Waals surface area contributed by atoms with Crippen molar-refractivity contribution in [3.8, 4) is 11.5 Å². The van der Waals surface area contributed by atoms with Gasteiger partial charge in [-0.3, -0.25) is 15.1 Å². The van der Waals surface area contributed by atoms with Crippen LogP contribution in [-0.4, -0.2) is 23.4 Å². The molecular weight excluding hydrogens is 260 g/mol. The molecule has 0 aliphatic rings. The van der Waals surface area contributed by atoms with E-state index in [-0.39, 0.29) is 17.0 Å². The zero-order valence-electron chi connectivity index (χ0n) is 10.7. The van der Waals surface area contributed by atoms with E-state index in [9.17, 15) is 15.2 Å². The highest BCUT2D eigenvalue weighted by atomic mass is 16.6. The third kappa shape index (κ3) is 3.11. The Hall–Kier alpha value is -2.89. The molecule has 0 heterocycles. The molecule has 2 aromatic carbocycles. The quantitative estimate of drug-likeness (QED) is 0.526. The maximum absolute atomic E-state index is 10.7. The van der Waals surface area contributed by atoms with Gasteiger partial charge in [-0.1, -0.05) is 0 Å². The van der Waals surface area contributed by atoms with Crippen molar-refractivity contribution in [3.63, 3.8) is 0 Å². The summed E-state index contributed by atoms with van der Waals surface area (Å²) in [6.07, 6.45) is 1.38. The highest BCUT2D eigenvalue weighted by Gasteiger charge is 2.08. The molecule has 20 heavy (non-hydrogen) atoms. The summed E-state index contributed by atoms with van der Waals surface area (Å²) in [6, 6.07) is 10.8. The molecule has 0 saturated carbocycles. The topological polar surface area (TPSA) is 85.0 Å². The summed E-state index contributed by atoms with van der Waals surface area (Å²) in [5.74, 6) is 0.648. The van der Waals surface area contributed by atoms with Crippen molar-refractivity contribution >= 4 is 17.6 Å². The number of hydrogen-bond acceptors (Lipinski definition) is 5. The molecule has 0 spiro atoms. The first-order valence-corrected chi connectivity index (χ1v) is 5.75. The average Bonchev–Trinajstić information content (AvgIpc) is 2.46. The van der Waals surface area contributed by atoms with Gasteiger partial charge in [0.2, 0.25) is 0 Å². The first kappa shape index (κ1) is 13.5. The second-order valence-corrected chi connectivity index (χ2v) is 3.96. The second-order valence-electron chi connectivity index (χ2n) is 3.96. The maximum atomic E-state index is 10.7. The first-order valence-electron chi connectivity index (χ1n) is 5.75. The van der Waals surface area contributed by atoms with Crippen molar-refractivity contribution in [2.24, 2.45) is 4.99 Å². The van der Waals surface area contributed by atoms with E-state index in [1.165, 1.54) is 24.4 Å². The van der Waals surface area contributed by atoms with Crippen LogP contribution in [0.3, 0.4) is 0 Å². The van der Waals surface area contributed by atoms with Gasteiger partial charge in [-0.25, -0.2) is 0 Å².